The number of hydrogen-bond acceptors (Lipinski definition) is 3. The number of amides is 3. The molecular formula is C23H17Br2Cl3N2O3. The molecule has 1 heterocycles. The molecule has 33 heavy (non-hydrogen) atoms. The average Bonchev–Trinajstić information content (AvgIpc) is 3.38. The van der Waals surface area contributed by atoms with Gasteiger partial charge in [0.15, 0.2) is 0 Å². The first-order valence-electron chi connectivity index (χ1n) is 10.4. The second-order valence-electron chi connectivity index (χ2n) is 8.57. The van der Waals surface area contributed by atoms with Crippen LogP contribution in [0.3, 0.4) is 0 Å². The van der Waals surface area contributed by atoms with E-state index in [1.165, 1.54) is 5.01 Å². The highest BCUT2D eigenvalue weighted by molar-refractivity contribution is 9.12. The number of carbonyl (C=O) groups is 3. The zero-order chi connectivity index (χ0) is 23.6. The van der Waals surface area contributed by atoms with Crippen LogP contribution in [0.4, 0.5) is 0 Å². The molecule has 2 bridgehead atoms. The minimum atomic E-state index is -0.550. The fraction of sp³-hybridized carbons (Fsp3) is 0.348. The van der Waals surface area contributed by atoms with Gasteiger partial charge in [0.05, 0.1) is 29.0 Å². The lowest BCUT2D eigenvalue weighted by Gasteiger charge is -2.32. The van der Waals surface area contributed by atoms with Crippen LogP contribution < -0.4 is 0 Å². The van der Waals surface area contributed by atoms with E-state index in [0.29, 0.717) is 15.6 Å². The summed E-state index contributed by atoms with van der Waals surface area (Å²) in [4.78, 5) is 41.1. The first-order chi connectivity index (χ1) is 15.7. The average molecular weight is 636 g/mol. The summed E-state index contributed by atoms with van der Waals surface area (Å²) in [7, 11) is 0. The molecule has 6 atom stereocenters. The molecule has 0 aromatic heterocycles. The Labute approximate surface area is 222 Å². The van der Waals surface area contributed by atoms with Gasteiger partial charge >= 0.3 is 0 Å². The largest absolute Gasteiger partial charge is 0.274 e. The first kappa shape index (κ1) is 23.6. The van der Waals surface area contributed by atoms with Gasteiger partial charge in [0, 0.05) is 19.7 Å². The molecule has 2 aromatic rings. The molecular weight excluding hydrogens is 618 g/mol. The van der Waals surface area contributed by atoms with Crippen LogP contribution in [0.25, 0.3) is 0 Å². The molecule has 0 unspecified atom stereocenters. The van der Waals surface area contributed by atoms with E-state index in [1.807, 2.05) is 0 Å². The highest BCUT2D eigenvalue weighted by Crippen LogP contribution is 2.60. The molecule has 10 heteroatoms. The van der Waals surface area contributed by atoms with Crippen LogP contribution in [-0.4, -0.2) is 37.4 Å². The number of nitrogens with zero attached hydrogens (tertiary/aromatic N) is 2. The maximum absolute atomic E-state index is 13.7. The van der Waals surface area contributed by atoms with Gasteiger partial charge in [0.2, 0.25) is 0 Å². The molecule has 2 aliphatic carbocycles. The third-order valence-corrected chi connectivity index (χ3v) is 11.0. The van der Waals surface area contributed by atoms with Crippen molar-refractivity contribution in [3.63, 3.8) is 0 Å². The lowest BCUT2D eigenvalue weighted by Crippen LogP contribution is -2.50. The number of benzene rings is 2. The third-order valence-electron chi connectivity index (χ3n) is 6.88. The van der Waals surface area contributed by atoms with Crippen molar-refractivity contribution >= 4 is 84.4 Å². The standard InChI is InChI=1S/C23H17Br2Cl3N2O3/c24-19-13-8-14(20(19)25)18-17(13)22(32)30(23(18)33)29(9-10-5-6-11(26)7-16(10)28)21(31)12-3-1-2-4-15(12)27/h1-7,13-14,17-20H,8-9H2/t13-,14-,17-,18+,19-,20+/m1/s1. The Morgan fingerprint density at radius 3 is 2.12 bits per heavy atom. The van der Waals surface area contributed by atoms with Crippen molar-refractivity contribution in [2.75, 3.05) is 0 Å². The van der Waals surface area contributed by atoms with Crippen LogP contribution in [0.5, 0.6) is 0 Å². The zero-order valence-corrected chi connectivity index (χ0v) is 22.4. The molecule has 5 rings (SSSR count). The number of hydrogen-bond donors (Lipinski definition) is 0. The minimum Gasteiger partial charge on any atom is -0.272 e. The summed E-state index contributed by atoms with van der Waals surface area (Å²) in [5.74, 6) is -2.11. The van der Waals surface area contributed by atoms with Gasteiger partial charge < -0.3 is 0 Å². The highest BCUT2D eigenvalue weighted by Gasteiger charge is 2.67. The molecule has 3 aliphatic rings. The summed E-state index contributed by atoms with van der Waals surface area (Å²) < 4.78 is 0. The molecule has 0 N–H and O–H groups in total. The topological polar surface area (TPSA) is 57.7 Å². The summed E-state index contributed by atoms with van der Waals surface area (Å²) in [5.41, 5.74) is 0.750. The Hall–Kier alpha value is -1.12. The fourth-order valence-electron chi connectivity index (χ4n) is 5.39. The number of alkyl halides is 2. The van der Waals surface area contributed by atoms with E-state index in [1.54, 1.807) is 42.5 Å². The van der Waals surface area contributed by atoms with Crippen LogP contribution in [0.15, 0.2) is 42.5 Å². The second kappa shape index (κ2) is 8.83. The van der Waals surface area contributed by atoms with Gasteiger partial charge in [-0.05, 0) is 48.1 Å². The summed E-state index contributed by atoms with van der Waals surface area (Å²) in [6.45, 7) is -0.0816. The molecule has 2 aromatic carbocycles. The smallest absolute Gasteiger partial charge is 0.272 e. The first-order valence-corrected chi connectivity index (χ1v) is 13.3. The quantitative estimate of drug-likeness (QED) is 0.307. The molecule has 1 aliphatic heterocycles. The van der Waals surface area contributed by atoms with Gasteiger partial charge in [-0.15, -0.1) is 0 Å². The van der Waals surface area contributed by atoms with E-state index >= 15 is 0 Å². The third kappa shape index (κ3) is 3.75. The van der Waals surface area contributed by atoms with Crippen molar-refractivity contribution in [2.45, 2.75) is 22.6 Å². The summed E-state index contributed by atoms with van der Waals surface area (Å²) in [6.07, 6.45) is 0.800. The number of halogens is 5. The molecule has 3 fully saturated rings. The van der Waals surface area contributed by atoms with Crippen LogP contribution in [0.2, 0.25) is 15.1 Å². The molecule has 3 amide bonds. The highest BCUT2D eigenvalue weighted by atomic mass is 79.9. The summed E-state index contributed by atoms with van der Waals surface area (Å²) in [6, 6.07) is 11.4. The lowest BCUT2D eigenvalue weighted by molar-refractivity contribution is -0.156. The van der Waals surface area contributed by atoms with Gasteiger partial charge in [-0.25, -0.2) is 5.01 Å². The van der Waals surface area contributed by atoms with E-state index < -0.39 is 17.7 Å². The van der Waals surface area contributed by atoms with Gasteiger partial charge in [0.1, 0.15) is 0 Å². The van der Waals surface area contributed by atoms with Crippen molar-refractivity contribution in [1.82, 2.24) is 10.0 Å². The van der Waals surface area contributed by atoms with Crippen LogP contribution in [0, 0.1) is 23.7 Å². The van der Waals surface area contributed by atoms with Gasteiger partial charge in [0.25, 0.3) is 17.7 Å². The Balaban J connectivity index is 1.56. The normalized spacial score (nSPS) is 30.2. The van der Waals surface area contributed by atoms with E-state index in [9.17, 15) is 14.4 Å². The zero-order valence-electron chi connectivity index (χ0n) is 16.9. The Kier molecular flexibility index (Phi) is 6.32. The molecule has 2 saturated carbocycles. The van der Waals surface area contributed by atoms with Gasteiger partial charge in [-0.1, -0.05) is 84.9 Å². The van der Waals surface area contributed by atoms with Crippen molar-refractivity contribution in [1.29, 1.82) is 0 Å². The van der Waals surface area contributed by atoms with Crippen LogP contribution >= 0.6 is 66.7 Å². The molecule has 0 spiro atoms. The monoisotopic (exact) mass is 632 g/mol. The van der Waals surface area contributed by atoms with Crippen molar-refractivity contribution < 1.29 is 14.4 Å². The van der Waals surface area contributed by atoms with Crippen LogP contribution in [-0.2, 0) is 16.1 Å². The summed E-state index contributed by atoms with van der Waals surface area (Å²) in [5, 5.41) is 3.20. The minimum absolute atomic E-state index is 0.0298. The molecule has 1 saturated heterocycles. The van der Waals surface area contributed by atoms with E-state index in [4.69, 9.17) is 34.8 Å². The lowest BCUT2D eigenvalue weighted by atomic mass is 9.81. The number of hydrazine groups is 1. The Morgan fingerprint density at radius 1 is 0.939 bits per heavy atom. The van der Waals surface area contributed by atoms with Gasteiger partial charge in [-0.2, -0.15) is 5.01 Å². The van der Waals surface area contributed by atoms with E-state index in [2.05, 4.69) is 31.9 Å². The summed E-state index contributed by atoms with van der Waals surface area (Å²) >= 11 is 26.1. The van der Waals surface area contributed by atoms with Crippen molar-refractivity contribution in [3.05, 3.63) is 68.7 Å². The number of imide groups is 1. The fourth-order valence-corrected chi connectivity index (χ4v) is 7.95. The predicted octanol–water partition coefficient (Wildman–Crippen LogP) is 5.98. The maximum atomic E-state index is 13.7. The number of rotatable bonds is 4. The second-order valence-corrected chi connectivity index (χ2v) is 11.9. The van der Waals surface area contributed by atoms with Crippen molar-refractivity contribution in [3.8, 4) is 0 Å². The number of carbonyl (C=O) groups excluding carboxylic acids is 3. The van der Waals surface area contributed by atoms with E-state index in [0.717, 1.165) is 11.4 Å². The Bertz CT molecular complexity index is 1150. The van der Waals surface area contributed by atoms with Gasteiger partial charge in [-0.3, -0.25) is 14.4 Å². The SMILES string of the molecule is O=C(c1ccccc1Cl)N(Cc1ccc(Cl)cc1Cl)N1C(=O)[C@@H]2[C@H]3C[C@@H]([C@H](Br)[C@@H]3Br)[C@@H]2C1=O. The maximum Gasteiger partial charge on any atom is 0.274 e. The van der Waals surface area contributed by atoms with Crippen LogP contribution in [0.1, 0.15) is 22.3 Å². The predicted molar refractivity (Wildman–Crippen MR) is 134 cm³/mol. The molecule has 0 radical (unpaired) electrons. The van der Waals surface area contributed by atoms with Crippen molar-refractivity contribution in [2.24, 2.45) is 23.7 Å². The Morgan fingerprint density at radius 2 is 1.55 bits per heavy atom. The molecule has 5 nitrogen and oxygen atoms in total. The van der Waals surface area contributed by atoms with E-state index in [-0.39, 0.29) is 50.4 Å². The number of fused-ring (bicyclic) bond motifs is 5. The molecule has 172 valence electrons.